The molecule has 1 aliphatic carbocycles. The molecule has 0 aliphatic heterocycles. The van der Waals surface area contributed by atoms with Gasteiger partial charge in [-0.3, -0.25) is 0 Å². The summed E-state index contributed by atoms with van der Waals surface area (Å²) < 4.78 is 1.96. The molecule has 14 heavy (non-hydrogen) atoms. The minimum absolute atomic E-state index is 0.503. The Morgan fingerprint density at radius 3 is 3.07 bits per heavy atom. The molecule has 1 atom stereocenters. The number of tetrazole rings is 1. The molecular weight excluding hydrogens is 198 g/mol. The molecular formula is C8H15N5S. The first kappa shape index (κ1) is 9.92. The number of aromatic nitrogens is 4. The third-order valence-electron chi connectivity index (χ3n) is 2.15. The Balaban J connectivity index is 1.97. The zero-order chi connectivity index (χ0) is 9.97. The van der Waals surface area contributed by atoms with E-state index in [1.54, 1.807) is 11.8 Å². The molecule has 0 aromatic carbocycles. The highest BCUT2D eigenvalue weighted by Crippen LogP contribution is 2.36. The molecule has 1 saturated carbocycles. The molecule has 0 amide bonds. The fourth-order valence-corrected chi connectivity index (χ4v) is 2.31. The molecule has 0 bridgehead atoms. The second-order valence-electron chi connectivity index (χ2n) is 3.62. The SMILES string of the molecule is CNCC(C)Sc1nnnn1C1CC1. The number of thioether (sulfide) groups is 1. The normalized spacial score (nSPS) is 18.4. The van der Waals surface area contributed by atoms with Gasteiger partial charge in [-0.1, -0.05) is 18.7 Å². The van der Waals surface area contributed by atoms with Crippen molar-refractivity contribution >= 4 is 11.8 Å². The van der Waals surface area contributed by atoms with Crippen LogP contribution >= 0.6 is 11.8 Å². The van der Waals surface area contributed by atoms with Crippen molar-refractivity contribution in [1.82, 2.24) is 25.5 Å². The zero-order valence-corrected chi connectivity index (χ0v) is 9.29. The molecule has 1 fully saturated rings. The van der Waals surface area contributed by atoms with Crippen LogP contribution in [0.5, 0.6) is 0 Å². The van der Waals surface area contributed by atoms with Crippen molar-refractivity contribution in [2.45, 2.75) is 36.2 Å². The number of rotatable bonds is 5. The number of hydrogen-bond donors (Lipinski definition) is 1. The van der Waals surface area contributed by atoms with E-state index in [1.807, 2.05) is 11.7 Å². The number of nitrogens with zero attached hydrogens (tertiary/aromatic N) is 4. The van der Waals surface area contributed by atoms with E-state index in [9.17, 15) is 0 Å². The summed E-state index contributed by atoms with van der Waals surface area (Å²) in [6.07, 6.45) is 2.44. The Bertz CT molecular complexity index is 296. The van der Waals surface area contributed by atoms with Crippen LogP contribution in [0.2, 0.25) is 0 Å². The first-order valence-electron chi connectivity index (χ1n) is 4.90. The molecule has 1 unspecified atom stereocenters. The lowest BCUT2D eigenvalue weighted by Gasteiger charge is -2.08. The van der Waals surface area contributed by atoms with Crippen molar-refractivity contribution in [1.29, 1.82) is 0 Å². The van der Waals surface area contributed by atoms with Crippen LogP contribution in [-0.4, -0.2) is 39.0 Å². The maximum atomic E-state index is 4.04. The fraction of sp³-hybridized carbons (Fsp3) is 0.875. The summed E-state index contributed by atoms with van der Waals surface area (Å²) in [5, 5.41) is 16.4. The topological polar surface area (TPSA) is 55.6 Å². The molecule has 1 heterocycles. The summed E-state index contributed by atoms with van der Waals surface area (Å²) in [5.74, 6) is 0. The first-order valence-corrected chi connectivity index (χ1v) is 5.78. The van der Waals surface area contributed by atoms with Gasteiger partial charge in [0.05, 0.1) is 6.04 Å². The fourth-order valence-electron chi connectivity index (χ4n) is 1.32. The minimum Gasteiger partial charge on any atom is -0.319 e. The Labute approximate surface area is 87.6 Å². The minimum atomic E-state index is 0.503. The highest BCUT2D eigenvalue weighted by atomic mass is 32.2. The van der Waals surface area contributed by atoms with Crippen LogP contribution in [0, 0.1) is 0 Å². The van der Waals surface area contributed by atoms with Crippen LogP contribution < -0.4 is 5.32 Å². The van der Waals surface area contributed by atoms with Crippen LogP contribution in [0.25, 0.3) is 0 Å². The largest absolute Gasteiger partial charge is 0.319 e. The summed E-state index contributed by atoms with van der Waals surface area (Å²) in [5.41, 5.74) is 0. The van der Waals surface area contributed by atoms with E-state index in [0.717, 1.165) is 11.7 Å². The molecule has 1 aliphatic rings. The van der Waals surface area contributed by atoms with Gasteiger partial charge < -0.3 is 5.32 Å². The molecule has 1 aromatic heterocycles. The standard InChI is InChI=1S/C8H15N5S/c1-6(5-9-2)14-8-10-11-12-13(8)7-3-4-7/h6-7,9H,3-5H2,1-2H3. The molecule has 2 rings (SSSR count). The van der Waals surface area contributed by atoms with E-state index >= 15 is 0 Å². The van der Waals surface area contributed by atoms with E-state index in [1.165, 1.54) is 12.8 Å². The predicted octanol–water partition coefficient (Wildman–Crippen LogP) is 0.708. The Kier molecular flexibility index (Phi) is 3.02. The summed E-state index contributed by atoms with van der Waals surface area (Å²) in [6, 6.07) is 0.564. The quantitative estimate of drug-likeness (QED) is 0.730. The monoisotopic (exact) mass is 213 g/mol. The summed E-state index contributed by atoms with van der Waals surface area (Å²) >= 11 is 1.73. The Morgan fingerprint density at radius 2 is 2.43 bits per heavy atom. The summed E-state index contributed by atoms with van der Waals surface area (Å²) in [6.45, 7) is 3.15. The van der Waals surface area contributed by atoms with Crippen LogP contribution in [0.3, 0.4) is 0 Å². The highest BCUT2D eigenvalue weighted by molar-refractivity contribution is 7.99. The lowest BCUT2D eigenvalue weighted by atomic mass is 10.5. The highest BCUT2D eigenvalue weighted by Gasteiger charge is 2.28. The predicted molar refractivity (Wildman–Crippen MR) is 55.3 cm³/mol. The lowest BCUT2D eigenvalue weighted by Crippen LogP contribution is -2.18. The first-order chi connectivity index (χ1) is 6.81. The molecule has 6 heteroatoms. The molecule has 0 spiro atoms. The Hall–Kier alpha value is -0.620. The van der Waals surface area contributed by atoms with E-state index < -0.39 is 0 Å². The third-order valence-corrected chi connectivity index (χ3v) is 3.20. The van der Waals surface area contributed by atoms with Gasteiger partial charge in [0.1, 0.15) is 0 Å². The maximum Gasteiger partial charge on any atom is 0.209 e. The van der Waals surface area contributed by atoms with Gasteiger partial charge in [-0.25, -0.2) is 4.68 Å². The smallest absolute Gasteiger partial charge is 0.209 e. The average Bonchev–Trinajstić information content (AvgIpc) is 2.89. The van der Waals surface area contributed by atoms with Crippen molar-refractivity contribution in [3.63, 3.8) is 0 Å². The summed E-state index contributed by atoms with van der Waals surface area (Å²) in [4.78, 5) is 0. The molecule has 1 N–H and O–H groups in total. The van der Waals surface area contributed by atoms with Gasteiger partial charge in [0, 0.05) is 11.8 Å². The van der Waals surface area contributed by atoms with Crippen LogP contribution in [0.4, 0.5) is 0 Å². The molecule has 0 saturated heterocycles. The van der Waals surface area contributed by atoms with Gasteiger partial charge in [0.2, 0.25) is 5.16 Å². The molecule has 5 nitrogen and oxygen atoms in total. The third kappa shape index (κ3) is 2.24. The van der Waals surface area contributed by atoms with Gasteiger partial charge in [-0.05, 0) is 30.3 Å². The average molecular weight is 213 g/mol. The molecule has 0 radical (unpaired) electrons. The van der Waals surface area contributed by atoms with Gasteiger partial charge in [0.25, 0.3) is 0 Å². The lowest BCUT2D eigenvalue weighted by molar-refractivity contribution is 0.564. The van der Waals surface area contributed by atoms with E-state index in [0.29, 0.717) is 11.3 Å². The second kappa shape index (κ2) is 4.27. The molecule has 78 valence electrons. The van der Waals surface area contributed by atoms with Crippen molar-refractivity contribution < 1.29 is 0 Å². The second-order valence-corrected chi connectivity index (χ2v) is 5.03. The number of nitrogens with one attached hydrogen (secondary N) is 1. The van der Waals surface area contributed by atoms with Crippen LogP contribution in [0.15, 0.2) is 5.16 Å². The van der Waals surface area contributed by atoms with E-state index in [4.69, 9.17) is 0 Å². The van der Waals surface area contributed by atoms with Crippen molar-refractivity contribution in [2.24, 2.45) is 0 Å². The van der Waals surface area contributed by atoms with Gasteiger partial charge in [0.15, 0.2) is 0 Å². The van der Waals surface area contributed by atoms with Gasteiger partial charge in [-0.15, -0.1) is 5.10 Å². The molecule has 1 aromatic rings. The van der Waals surface area contributed by atoms with Crippen molar-refractivity contribution in [3.8, 4) is 0 Å². The number of hydrogen-bond acceptors (Lipinski definition) is 5. The van der Waals surface area contributed by atoms with Crippen LogP contribution in [-0.2, 0) is 0 Å². The maximum absolute atomic E-state index is 4.04. The van der Waals surface area contributed by atoms with Gasteiger partial charge >= 0.3 is 0 Å². The summed E-state index contributed by atoms with van der Waals surface area (Å²) in [7, 11) is 1.96. The van der Waals surface area contributed by atoms with Crippen molar-refractivity contribution in [3.05, 3.63) is 0 Å². The van der Waals surface area contributed by atoms with Crippen LogP contribution in [0.1, 0.15) is 25.8 Å². The zero-order valence-electron chi connectivity index (χ0n) is 8.47. The van der Waals surface area contributed by atoms with Crippen molar-refractivity contribution in [2.75, 3.05) is 13.6 Å². The van der Waals surface area contributed by atoms with E-state index in [-0.39, 0.29) is 0 Å². The van der Waals surface area contributed by atoms with Gasteiger partial charge in [-0.2, -0.15) is 0 Å². The Morgan fingerprint density at radius 1 is 1.64 bits per heavy atom. The van der Waals surface area contributed by atoms with E-state index in [2.05, 4.69) is 27.8 Å².